The van der Waals surface area contributed by atoms with Crippen molar-refractivity contribution in [3.8, 4) is 0 Å². The summed E-state index contributed by atoms with van der Waals surface area (Å²) in [5.74, 6) is 1.04. The molecule has 2 rings (SSSR count). The summed E-state index contributed by atoms with van der Waals surface area (Å²) in [6.45, 7) is 6.68. The van der Waals surface area contributed by atoms with Gasteiger partial charge in [-0.25, -0.2) is 4.98 Å². The van der Waals surface area contributed by atoms with Gasteiger partial charge < -0.3 is 5.32 Å². The van der Waals surface area contributed by atoms with Crippen LogP contribution in [0, 0.1) is 0 Å². The van der Waals surface area contributed by atoms with Crippen LogP contribution in [0.1, 0.15) is 71.3 Å². The zero-order chi connectivity index (χ0) is 13.7. The van der Waals surface area contributed by atoms with Gasteiger partial charge in [-0.3, -0.25) is 0 Å². The molecule has 1 heterocycles. The second kappa shape index (κ2) is 6.40. The molecule has 0 unspecified atom stereocenters. The molecule has 0 spiro atoms. The topological polar surface area (TPSA) is 24.9 Å². The number of nitrogens with one attached hydrogen (secondary N) is 1. The van der Waals surface area contributed by atoms with Crippen molar-refractivity contribution in [2.24, 2.45) is 0 Å². The average Bonchev–Trinajstić information content (AvgIpc) is 2.32. The maximum Gasteiger partial charge on any atom is 0.126 e. The summed E-state index contributed by atoms with van der Waals surface area (Å²) in [5.41, 5.74) is 1.49. The molecule has 1 saturated carbocycles. The second-order valence-corrected chi connectivity index (χ2v) is 6.87. The summed E-state index contributed by atoms with van der Waals surface area (Å²) >= 11 is 0. The van der Waals surface area contributed by atoms with Crippen molar-refractivity contribution in [2.45, 2.75) is 77.2 Å². The Kier molecular flexibility index (Phi) is 4.84. The average molecular weight is 260 g/mol. The molecule has 0 bridgehead atoms. The molecule has 106 valence electrons. The third-order valence-corrected chi connectivity index (χ3v) is 4.09. The molecule has 1 aromatic heterocycles. The molecule has 1 aliphatic carbocycles. The van der Waals surface area contributed by atoms with Gasteiger partial charge in [-0.1, -0.05) is 58.9 Å². The van der Waals surface area contributed by atoms with E-state index in [1.807, 2.05) is 6.20 Å². The Morgan fingerprint density at radius 1 is 1.00 bits per heavy atom. The standard InChI is InChI=1S/C17H28N2/c1-17(2,3)14-11-12-16(18-13-14)19-15-9-7-5-4-6-8-10-15/h11-13,15H,4-10H2,1-3H3,(H,18,19). The third kappa shape index (κ3) is 4.52. The number of pyridine rings is 1. The minimum Gasteiger partial charge on any atom is -0.367 e. The second-order valence-electron chi connectivity index (χ2n) is 6.87. The quantitative estimate of drug-likeness (QED) is 0.817. The van der Waals surface area contributed by atoms with Crippen LogP contribution < -0.4 is 5.32 Å². The van der Waals surface area contributed by atoms with E-state index in [0.29, 0.717) is 6.04 Å². The zero-order valence-electron chi connectivity index (χ0n) is 12.7. The summed E-state index contributed by atoms with van der Waals surface area (Å²) in [4.78, 5) is 4.58. The lowest BCUT2D eigenvalue weighted by Crippen LogP contribution is -2.21. The van der Waals surface area contributed by atoms with E-state index < -0.39 is 0 Å². The lowest BCUT2D eigenvalue weighted by atomic mass is 9.88. The lowest BCUT2D eigenvalue weighted by Gasteiger charge is -2.23. The van der Waals surface area contributed by atoms with Crippen molar-refractivity contribution < 1.29 is 0 Å². The maximum atomic E-state index is 4.58. The van der Waals surface area contributed by atoms with Gasteiger partial charge in [0.25, 0.3) is 0 Å². The molecule has 0 aromatic carbocycles. The van der Waals surface area contributed by atoms with Crippen LogP contribution in [0.25, 0.3) is 0 Å². The summed E-state index contributed by atoms with van der Waals surface area (Å²) in [6.07, 6.45) is 11.5. The largest absolute Gasteiger partial charge is 0.367 e. The fourth-order valence-electron chi connectivity index (χ4n) is 2.73. The van der Waals surface area contributed by atoms with Crippen LogP contribution in [0.2, 0.25) is 0 Å². The highest BCUT2D eigenvalue weighted by Gasteiger charge is 2.15. The van der Waals surface area contributed by atoms with Gasteiger partial charge >= 0.3 is 0 Å². The molecular formula is C17H28N2. The molecule has 0 atom stereocenters. The molecule has 0 amide bonds. The number of hydrogen-bond donors (Lipinski definition) is 1. The van der Waals surface area contributed by atoms with Crippen molar-refractivity contribution in [1.82, 2.24) is 4.98 Å². The van der Waals surface area contributed by atoms with Crippen LogP contribution >= 0.6 is 0 Å². The first-order chi connectivity index (χ1) is 9.05. The van der Waals surface area contributed by atoms with Gasteiger partial charge in [-0.2, -0.15) is 0 Å². The van der Waals surface area contributed by atoms with Crippen molar-refractivity contribution >= 4 is 5.82 Å². The van der Waals surface area contributed by atoms with E-state index in [1.165, 1.54) is 50.5 Å². The smallest absolute Gasteiger partial charge is 0.126 e. The van der Waals surface area contributed by atoms with Gasteiger partial charge in [0.05, 0.1) is 0 Å². The minimum atomic E-state index is 0.186. The number of nitrogens with zero attached hydrogens (tertiary/aromatic N) is 1. The normalized spacial score (nSPS) is 18.7. The van der Waals surface area contributed by atoms with Crippen molar-refractivity contribution in [1.29, 1.82) is 0 Å². The number of rotatable bonds is 2. The van der Waals surface area contributed by atoms with Gasteiger partial charge in [0, 0.05) is 12.2 Å². The molecule has 1 fully saturated rings. The van der Waals surface area contributed by atoms with Crippen LogP contribution in [0.15, 0.2) is 18.3 Å². The molecule has 2 heteroatoms. The first kappa shape index (κ1) is 14.4. The fourth-order valence-corrected chi connectivity index (χ4v) is 2.73. The monoisotopic (exact) mass is 260 g/mol. The molecule has 2 nitrogen and oxygen atoms in total. The first-order valence-electron chi connectivity index (χ1n) is 7.79. The maximum absolute atomic E-state index is 4.58. The Balaban J connectivity index is 1.94. The summed E-state index contributed by atoms with van der Waals surface area (Å²) in [6, 6.07) is 4.96. The van der Waals surface area contributed by atoms with Crippen molar-refractivity contribution in [3.05, 3.63) is 23.9 Å². The van der Waals surface area contributed by atoms with E-state index in [1.54, 1.807) is 0 Å². The third-order valence-electron chi connectivity index (χ3n) is 4.09. The lowest BCUT2D eigenvalue weighted by molar-refractivity contribution is 0.470. The number of aromatic nitrogens is 1. The Bertz CT molecular complexity index is 367. The Hall–Kier alpha value is -1.05. The highest BCUT2D eigenvalue weighted by Crippen LogP contribution is 2.23. The van der Waals surface area contributed by atoms with Crippen LogP contribution in [-0.2, 0) is 5.41 Å². The van der Waals surface area contributed by atoms with E-state index in [-0.39, 0.29) is 5.41 Å². The molecule has 0 aliphatic heterocycles. The Morgan fingerprint density at radius 3 is 2.16 bits per heavy atom. The Morgan fingerprint density at radius 2 is 1.63 bits per heavy atom. The van der Waals surface area contributed by atoms with E-state index in [4.69, 9.17) is 0 Å². The van der Waals surface area contributed by atoms with E-state index >= 15 is 0 Å². The molecule has 1 aliphatic rings. The molecule has 1 aromatic rings. The highest BCUT2D eigenvalue weighted by atomic mass is 15.0. The zero-order valence-corrected chi connectivity index (χ0v) is 12.7. The van der Waals surface area contributed by atoms with Gasteiger partial charge in [0.1, 0.15) is 5.82 Å². The summed E-state index contributed by atoms with van der Waals surface area (Å²) in [7, 11) is 0. The molecular weight excluding hydrogens is 232 g/mol. The summed E-state index contributed by atoms with van der Waals surface area (Å²) in [5, 5.41) is 3.62. The SMILES string of the molecule is CC(C)(C)c1ccc(NC2CCCCCCC2)nc1. The molecule has 0 saturated heterocycles. The van der Waals surface area contributed by atoms with E-state index in [9.17, 15) is 0 Å². The minimum absolute atomic E-state index is 0.186. The van der Waals surface area contributed by atoms with Crippen LogP contribution in [0.3, 0.4) is 0 Å². The first-order valence-corrected chi connectivity index (χ1v) is 7.79. The molecule has 19 heavy (non-hydrogen) atoms. The predicted molar refractivity (Wildman–Crippen MR) is 82.7 cm³/mol. The summed E-state index contributed by atoms with van der Waals surface area (Å²) < 4.78 is 0. The van der Waals surface area contributed by atoms with Gasteiger partial charge in [0.2, 0.25) is 0 Å². The van der Waals surface area contributed by atoms with Gasteiger partial charge in [0.15, 0.2) is 0 Å². The fraction of sp³-hybridized carbons (Fsp3) is 0.706. The molecule has 0 radical (unpaired) electrons. The Labute approximate surface area is 118 Å². The van der Waals surface area contributed by atoms with E-state index in [0.717, 1.165) is 5.82 Å². The van der Waals surface area contributed by atoms with Gasteiger partial charge in [-0.05, 0) is 29.9 Å². The number of anilines is 1. The van der Waals surface area contributed by atoms with Crippen LogP contribution in [0.5, 0.6) is 0 Å². The molecule has 1 N–H and O–H groups in total. The highest BCUT2D eigenvalue weighted by molar-refractivity contribution is 5.38. The van der Waals surface area contributed by atoms with Crippen LogP contribution in [0.4, 0.5) is 5.82 Å². The van der Waals surface area contributed by atoms with E-state index in [2.05, 4.69) is 43.2 Å². The van der Waals surface area contributed by atoms with Crippen molar-refractivity contribution in [2.75, 3.05) is 5.32 Å². The predicted octanol–water partition coefficient (Wildman–Crippen LogP) is 4.90. The van der Waals surface area contributed by atoms with Crippen LogP contribution in [-0.4, -0.2) is 11.0 Å². The van der Waals surface area contributed by atoms with Gasteiger partial charge in [-0.15, -0.1) is 0 Å². The van der Waals surface area contributed by atoms with Crippen molar-refractivity contribution in [3.63, 3.8) is 0 Å². The number of hydrogen-bond acceptors (Lipinski definition) is 2.